The van der Waals surface area contributed by atoms with Crippen molar-refractivity contribution in [3.63, 3.8) is 0 Å². The number of benzene rings is 1. The van der Waals surface area contributed by atoms with Gasteiger partial charge in [0.15, 0.2) is 0 Å². The molecule has 0 heterocycles. The number of anilines is 1. The summed E-state index contributed by atoms with van der Waals surface area (Å²) in [6.07, 6.45) is 0.698. The van der Waals surface area contributed by atoms with Gasteiger partial charge in [-0.2, -0.15) is 5.26 Å². The number of nitriles is 1. The SMILES string of the molecule is CCC(C(=O)O)N(C)CCC(=O)Nc1ccc(C#N)cc1. The monoisotopic (exact) mass is 289 g/mol. The first-order valence-corrected chi connectivity index (χ1v) is 6.71. The van der Waals surface area contributed by atoms with Gasteiger partial charge in [0.1, 0.15) is 6.04 Å². The first-order valence-electron chi connectivity index (χ1n) is 6.71. The molecule has 0 aliphatic carbocycles. The highest BCUT2D eigenvalue weighted by molar-refractivity contribution is 5.90. The van der Waals surface area contributed by atoms with Crippen molar-refractivity contribution in [2.45, 2.75) is 25.8 Å². The third-order valence-electron chi connectivity index (χ3n) is 3.19. The van der Waals surface area contributed by atoms with Crippen molar-refractivity contribution in [1.29, 1.82) is 5.26 Å². The fourth-order valence-electron chi connectivity index (χ4n) is 1.96. The van der Waals surface area contributed by atoms with Gasteiger partial charge in [-0.15, -0.1) is 0 Å². The van der Waals surface area contributed by atoms with E-state index in [0.29, 0.717) is 24.2 Å². The Morgan fingerprint density at radius 2 is 2.00 bits per heavy atom. The number of aliphatic carboxylic acids is 1. The van der Waals surface area contributed by atoms with Crippen LogP contribution in [0.4, 0.5) is 5.69 Å². The second-order valence-corrected chi connectivity index (χ2v) is 4.73. The Kier molecular flexibility index (Phi) is 6.37. The minimum absolute atomic E-state index is 0.188. The van der Waals surface area contributed by atoms with Gasteiger partial charge >= 0.3 is 5.97 Å². The molecule has 1 aromatic carbocycles. The summed E-state index contributed by atoms with van der Waals surface area (Å²) in [6, 6.07) is 7.99. The number of hydrogen-bond donors (Lipinski definition) is 2. The predicted molar refractivity (Wildman–Crippen MR) is 78.7 cm³/mol. The van der Waals surface area contributed by atoms with Crippen molar-refractivity contribution in [1.82, 2.24) is 4.90 Å². The van der Waals surface area contributed by atoms with E-state index >= 15 is 0 Å². The summed E-state index contributed by atoms with van der Waals surface area (Å²) in [5, 5.41) is 20.4. The third kappa shape index (κ3) is 5.24. The van der Waals surface area contributed by atoms with Gasteiger partial charge in [0.2, 0.25) is 5.91 Å². The quantitative estimate of drug-likeness (QED) is 0.796. The predicted octanol–water partition coefficient (Wildman–Crippen LogP) is 1.68. The maximum absolute atomic E-state index is 11.8. The normalized spacial score (nSPS) is 11.7. The van der Waals surface area contributed by atoms with Gasteiger partial charge in [-0.1, -0.05) is 6.92 Å². The Labute approximate surface area is 124 Å². The summed E-state index contributed by atoms with van der Waals surface area (Å²) in [4.78, 5) is 24.5. The largest absolute Gasteiger partial charge is 0.480 e. The number of likely N-dealkylation sites (N-methyl/N-ethyl adjacent to an activating group) is 1. The van der Waals surface area contributed by atoms with Crippen LogP contribution in [0.1, 0.15) is 25.3 Å². The van der Waals surface area contributed by atoms with Crippen LogP contribution < -0.4 is 5.32 Å². The zero-order valence-electron chi connectivity index (χ0n) is 12.2. The lowest BCUT2D eigenvalue weighted by molar-refractivity contribution is -0.143. The zero-order chi connectivity index (χ0) is 15.8. The molecule has 1 unspecified atom stereocenters. The number of carboxylic acids is 1. The van der Waals surface area contributed by atoms with E-state index in [2.05, 4.69) is 5.32 Å². The summed E-state index contributed by atoms with van der Waals surface area (Å²) < 4.78 is 0. The first-order chi connectivity index (χ1) is 9.97. The molecule has 112 valence electrons. The van der Waals surface area contributed by atoms with Gasteiger partial charge in [0.05, 0.1) is 11.6 Å². The van der Waals surface area contributed by atoms with E-state index < -0.39 is 12.0 Å². The number of amides is 1. The van der Waals surface area contributed by atoms with E-state index in [1.807, 2.05) is 6.07 Å². The van der Waals surface area contributed by atoms with Crippen molar-refractivity contribution >= 4 is 17.6 Å². The van der Waals surface area contributed by atoms with Gasteiger partial charge < -0.3 is 10.4 Å². The van der Waals surface area contributed by atoms with E-state index in [4.69, 9.17) is 10.4 Å². The van der Waals surface area contributed by atoms with Gasteiger partial charge in [-0.05, 0) is 37.7 Å². The van der Waals surface area contributed by atoms with Crippen molar-refractivity contribution in [3.05, 3.63) is 29.8 Å². The van der Waals surface area contributed by atoms with Crippen molar-refractivity contribution in [2.75, 3.05) is 18.9 Å². The average molecular weight is 289 g/mol. The van der Waals surface area contributed by atoms with Crippen molar-refractivity contribution in [3.8, 4) is 6.07 Å². The number of hydrogen-bond acceptors (Lipinski definition) is 4. The molecule has 6 nitrogen and oxygen atoms in total. The highest BCUT2D eigenvalue weighted by Gasteiger charge is 2.20. The van der Waals surface area contributed by atoms with Crippen LogP contribution >= 0.6 is 0 Å². The maximum atomic E-state index is 11.8. The van der Waals surface area contributed by atoms with E-state index in [0.717, 1.165) is 0 Å². The van der Waals surface area contributed by atoms with Gasteiger partial charge in [0, 0.05) is 18.7 Å². The van der Waals surface area contributed by atoms with Crippen LogP contribution in [0.2, 0.25) is 0 Å². The van der Waals surface area contributed by atoms with E-state index in [1.165, 1.54) is 0 Å². The Morgan fingerprint density at radius 1 is 1.38 bits per heavy atom. The zero-order valence-corrected chi connectivity index (χ0v) is 12.2. The molecular weight excluding hydrogens is 270 g/mol. The standard InChI is InChI=1S/C15H19N3O3/c1-3-13(15(20)21)18(2)9-8-14(19)17-12-6-4-11(10-16)5-7-12/h4-7,13H,3,8-9H2,1-2H3,(H,17,19)(H,20,21). The second-order valence-electron chi connectivity index (χ2n) is 4.73. The lowest BCUT2D eigenvalue weighted by Gasteiger charge is -2.22. The molecule has 1 amide bonds. The van der Waals surface area contributed by atoms with Crippen LogP contribution in [0.15, 0.2) is 24.3 Å². The molecular formula is C15H19N3O3. The topological polar surface area (TPSA) is 93.4 Å². The molecule has 6 heteroatoms. The molecule has 0 saturated carbocycles. The fourth-order valence-corrected chi connectivity index (χ4v) is 1.96. The summed E-state index contributed by atoms with van der Waals surface area (Å²) in [6.45, 7) is 2.17. The molecule has 0 bridgehead atoms. The van der Waals surface area contributed by atoms with Crippen LogP contribution in [-0.2, 0) is 9.59 Å². The summed E-state index contributed by atoms with van der Waals surface area (Å²) in [7, 11) is 1.69. The lowest BCUT2D eigenvalue weighted by atomic mass is 10.2. The summed E-state index contributed by atoms with van der Waals surface area (Å²) in [5.41, 5.74) is 1.15. The molecule has 21 heavy (non-hydrogen) atoms. The van der Waals surface area contributed by atoms with Crippen LogP contribution in [0.25, 0.3) is 0 Å². The summed E-state index contributed by atoms with van der Waals surface area (Å²) >= 11 is 0. The van der Waals surface area contributed by atoms with E-state index in [-0.39, 0.29) is 12.3 Å². The van der Waals surface area contributed by atoms with E-state index in [9.17, 15) is 9.59 Å². The molecule has 2 N–H and O–H groups in total. The molecule has 1 rings (SSSR count). The number of nitrogens with one attached hydrogen (secondary N) is 1. The molecule has 0 aliphatic rings. The number of carbonyl (C=O) groups is 2. The highest BCUT2D eigenvalue weighted by Crippen LogP contribution is 2.09. The number of carbonyl (C=O) groups excluding carboxylic acids is 1. The number of rotatable bonds is 7. The molecule has 0 aliphatic heterocycles. The van der Waals surface area contributed by atoms with Crippen LogP contribution in [0, 0.1) is 11.3 Å². The molecule has 0 fully saturated rings. The Morgan fingerprint density at radius 3 is 2.48 bits per heavy atom. The van der Waals surface area contributed by atoms with Crippen LogP contribution in [0.5, 0.6) is 0 Å². The fraction of sp³-hybridized carbons (Fsp3) is 0.400. The minimum Gasteiger partial charge on any atom is -0.480 e. The van der Waals surface area contributed by atoms with Crippen molar-refractivity contribution < 1.29 is 14.7 Å². The Bertz CT molecular complexity index is 534. The van der Waals surface area contributed by atoms with E-state index in [1.54, 1.807) is 43.1 Å². The molecule has 0 spiro atoms. The Balaban J connectivity index is 2.46. The Hall–Kier alpha value is -2.39. The number of carboxylic acid groups (broad SMARTS) is 1. The molecule has 0 saturated heterocycles. The number of nitrogens with zero attached hydrogens (tertiary/aromatic N) is 2. The smallest absolute Gasteiger partial charge is 0.320 e. The molecule has 1 aromatic rings. The first kappa shape index (κ1) is 16.7. The molecule has 1 atom stereocenters. The van der Waals surface area contributed by atoms with Crippen molar-refractivity contribution in [2.24, 2.45) is 0 Å². The van der Waals surface area contributed by atoms with Gasteiger partial charge in [-0.25, -0.2) is 0 Å². The maximum Gasteiger partial charge on any atom is 0.320 e. The van der Waals surface area contributed by atoms with Crippen LogP contribution in [-0.4, -0.2) is 41.5 Å². The third-order valence-corrected chi connectivity index (χ3v) is 3.19. The van der Waals surface area contributed by atoms with Gasteiger partial charge in [-0.3, -0.25) is 14.5 Å². The summed E-state index contributed by atoms with van der Waals surface area (Å²) in [5.74, 6) is -1.07. The van der Waals surface area contributed by atoms with Crippen LogP contribution in [0.3, 0.4) is 0 Å². The molecule has 0 aromatic heterocycles. The highest BCUT2D eigenvalue weighted by atomic mass is 16.4. The minimum atomic E-state index is -0.882. The average Bonchev–Trinajstić information content (AvgIpc) is 2.46. The molecule has 0 radical (unpaired) electrons. The second kappa shape index (κ2) is 8.02. The lowest BCUT2D eigenvalue weighted by Crippen LogP contribution is -2.39. The van der Waals surface area contributed by atoms with Gasteiger partial charge in [0.25, 0.3) is 0 Å².